The first kappa shape index (κ1) is 17.2. The Morgan fingerprint density at radius 2 is 1.91 bits per heavy atom. The lowest BCUT2D eigenvalue weighted by atomic mass is 10.2. The van der Waals surface area contributed by atoms with Gasteiger partial charge in [-0.2, -0.15) is 0 Å². The second-order valence-electron chi connectivity index (χ2n) is 4.98. The molecule has 1 aromatic carbocycles. The van der Waals surface area contributed by atoms with Gasteiger partial charge in [0.25, 0.3) is 0 Å². The van der Waals surface area contributed by atoms with Gasteiger partial charge in [-0.1, -0.05) is 12.1 Å². The lowest BCUT2D eigenvalue weighted by molar-refractivity contribution is 0.0589. The van der Waals surface area contributed by atoms with Crippen molar-refractivity contribution >= 4 is 16.0 Å². The van der Waals surface area contributed by atoms with Gasteiger partial charge in [0, 0.05) is 19.3 Å². The minimum atomic E-state index is -3.82. The van der Waals surface area contributed by atoms with Crippen LogP contribution in [0.25, 0.3) is 0 Å². The highest BCUT2D eigenvalue weighted by molar-refractivity contribution is 7.89. The zero-order valence-corrected chi connectivity index (χ0v) is 13.8. The number of carbonyl (C=O) groups is 1. The monoisotopic (exact) mass is 340 g/mol. The maximum Gasteiger partial charge on any atom is 0.354 e. The molecule has 0 bridgehead atoms. The van der Waals surface area contributed by atoms with Crippen LogP contribution in [0.15, 0.2) is 35.2 Å². The van der Waals surface area contributed by atoms with Crippen LogP contribution in [0, 0.1) is 12.7 Å². The summed E-state index contributed by atoms with van der Waals surface area (Å²) in [7, 11) is -1.00. The van der Waals surface area contributed by atoms with Gasteiger partial charge in [-0.25, -0.2) is 22.3 Å². The molecule has 0 saturated heterocycles. The number of ether oxygens (including phenoxy) is 1. The fourth-order valence-electron chi connectivity index (χ4n) is 2.10. The minimum Gasteiger partial charge on any atom is -0.464 e. The molecule has 2 aromatic rings. The van der Waals surface area contributed by atoms with Crippen molar-refractivity contribution in [2.24, 2.45) is 7.05 Å². The molecule has 0 aliphatic carbocycles. The molecule has 124 valence electrons. The Morgan fingerprint density at radius 3 is 2.48 bits per heavy atom. The fourth-order valence-corrected chi connectivity index (χ4v) is 3.41. The number of methoxy groups -OCH3 is 1. The Hall–Kier alpha value is -2.19. The number of sulfonamides is 1. The van der Waals surface area contributed by atoms with Gasteiger partial charge in [0.15, 0.2) is 0 Å². The first-order valence-corrected chi connectivity index (χ1v) is 8.23. The summed E-state index contributed by atoms with van der Waals surface area (Å²) in [5.41, 5.74) is 1.18. The molecule has 0 fully saturated rings. The second-order valence-corrected chi connectivity index (χ2v) is 6.72. The van der Waals surface area contributed by atoms with E-state index in [9.17, 15) is 17.6 Å². The highest BCUT2D eigenvalue weighted by Crippen LogP contribution is 2.20. The number of benzene rings is 1. The first-order chi connectivity index (χ1) is 10.8. The van der Waals surface area contributed by atoms with Gasteiger partial charge >= 0.3 is 5.97 Å². The molecule has 23 heavy (non-hydrogen) atoms. The van der Waals surface area contributed by atoms with Gasteiger partial charge in [0.2, 0.25) is 10.0 Å². The van der Waals surface area contributed by atoms with Crippen molar-refractivity contribution in [1.82, 2.24) is 9.29 Å². The van der Waals surface area contributed by atoms with Crippen LogP contribution in [-0.2, 0) is 28.4 Å². The molecule has 8 heteroatoms. The molecule has 0 atom stereocenters. The lowest BCUT2D eigenvalue weighted by Crippen LogP contribution is -2.23. The predicted octanol–water partition coefficient (Wildman–Crippen LogP) is 1.74. The summed E-state index contributed by atoms with van der Waals surface area (Å²) in [6.07, 6.45) is 0. The van der Waals surface area contributed by atoms with Crippen LogP contribution in [0.3, 0.4) is 0 Å². The molecule has 0 aliphatic rings. The van der Waals surface area contributed by atoms with Gasteiger partial charge in [-0.15, -0.1) is 0 Å². The van der Waals surface area contributed by atoms with Crippen LogP contribution in [0.2, 0.25) is 0 Å². The van der Waals surface area contributed by atoms with E-state index in [1.54, 1.807) is 14.0 Å². The minimum absolute atomic E-state index is 0.00233. The molecule has 1 heterocycles. The quantitative estimate of drug-likeness (QED) is 0.841. The highest BCUT2D eigenvalue weighted by Gasteiger charge is 2.24. The highest BCUT2D eigenvalue weighted by atomic mass is 32.2. The zero-order valence-electron chi connectivity index (χ0n) is 13.0. The van der Waals surface area contributed by atoms with Crippen LogP contribution >= 0.6 is 0 Å². The molecule has 0 unspecified atom stereocenters. The SMILES string of the molecule is COC(=O)c1cc(S(=O)(=O)NCc2ccc(F)cc2)c(C)n1C. The van der Waals surface area contributed by atoms with E-state index >= 15 is 0 Å². The number of esters is 1. The van der Waals surface area contributed by atoms with E-state index in [4.69, 9.17) is 0 Å². The van der Waals surface area contributed by atoms with Gasteiger partial charge in [0.05, 0.1) is 7.11 Å². The molecule has 2 rings (SSSR count). The number of halogens is 1. The number of aromatic nitrogens is 1. The third kappa shape index (κ3) is 3.59. The molecule has 1 N–H and O–H groups in total. The van der Waals surface area contributed by atoms with E-state index < -0.39 is 21.8 Å². The topological polar surface area (TPSA) is 77.4 Å². The first-order valence-electron chi connectivity index (χ1n) is 6.75. The molecule has 0 saturated carbocycles. The second kappa shape index (κ2) is 6.51. The van der Waals surface area contributed by atoms with Gasteiger partial charge in [-0.05, 0) is 30.7 Å². The average Bonchev–Trinajstić information content (AvgIpc) is 2.83. The predicted molar refractivity (Wildman–Crippen MR) is 81.9 cm³/mol. The smallest absolute Gasteiger partial charge is 0.354 e. The van der Waals surface area contributed by atoms with Crippen molar-refractivity contribution in [3.63, 3.8) is 0 Å². The van der Waals surface area contributed by atoms with E-state index in [1.807, 2.05) is 0 Å². The average molecular weight is 340 g/mol. The fraction of sp³-hybridized carbons (Fsp3) is 0.267. The zero-order chi connectivity index (χ0) is 17.2. The summed E-state index contributed by atoms with van der Waals surface area (Å²) in [5, 5.41) is 0. The number of nitrogens with zero attached hydrogens (tertiary/aromatic N) is 1. The van der Waals surface area contributed by atoms with E-state index in [0.717, 1.165) is 0 Å². The van der Waals surface area contributed by atoms with Gasteiger partial charge < -0.3 is 9.30 Å². The number of carbonyl (C=O) groups excluding carboxylic acids is 1. The van der Waals surface area contributed by atoms with Crippen LogP contribution in [-0.4, -0.2) is 26.1 Å². The molecule has 0 amide bonds. The number of rotatable bonds is 5. The molecule has 1 aromatic heterocycles. The summed E-state index contributed by atoms with van der Waals surface area (Å²) in [4.78, 5) is 11.6. The van der Waals surface area contributed by atoms with Crippen LogP contribution in [0.5, 0.6) is 0 Å². The third-order valence-corrected chi connectivity index (χ3v) is 5.07. The molecular weight excluding hydrogens is 323 g/mol. The maximum absolute atomic E-state index is 12.9. The summed E-state index contributed by atoms with van der Waals surface area (Å²) in [5.74, 6) is -1.01. The van der Waals surface area contributed by atoms with Crippen molar-refractivity contribution < 1.29 is 22.3 Å². The van der Waals surface area contributed by atoms with E-state index in [1.165, 1.54) is 42.0 Å². The van der Waals surface area contributed by atoms with Crippen molar-refractivity contribution in [2.75, 3.05) is 7.11 Å². The summed E-state index contributed by atoms with van der Waals surface area (Å²) < 4.78 is 46.2. The number of nitrogens with one attached hydrogen (secondary N) is 1. The van der Waals surface area contributed by atoms with Crippen LogP contribution < -0.4 is 4.72 Å². The summed E-state index contributed by atoms with van der Waals surface area (Å²) >= 11 is 0. The largest absolute Gasteiger partial charge is 0.464 e. The molecule has 0 spiro atoms. The van der Waals surface area contributed by atoms with E-state index in [0.29, 0.717) is 11.3 Å². The Labute approximate surface area is 133 Å². The maximum atomic E-state index is 12.9. The molecular formula is C15H17FN2O4S. The van der Waals surface area contributed by atoms with Gasteiger partial charge in [-0.3, -0.25) is 0 Å². The third-order valence-electron chi connectivity index (χ3n) is 3.55. The van der Waals surface area contributed by atoms with Crippen molar-refractivity contribution in [2.45, 2.75) is 18.4 Å². The Kier molecular flexibility index (Phi) is 4.86. The van der Waals surface area contributed by atoms with Crippen molar-refractivity contribution in [1.29, 1.82) is 0 Å². The standard InChI is InChI=1S/C15H17FN2O4S/c1-10-14(8-13(18(10)2)15(19)22-3)23(20,21)17-9-11-4-6-12(16)7-5-11/h4-8,17H,9H2,1-3H3. The van der Waals surface area contributed by atoms with Gasteiger partial charge in [0.1, 0.15) is 16.4 Å². The van der Waals surface area contributed by atoms with Crippen LogP contribution in [0.1, 0.15) is 21.7 Å². The van der Waals surface area contributed by atoms with Crippen LogP contribution in [0.4, 0.5) is 4.39 Å². The van der Waals surface area contributed by atoms with Crippen molar-refractivity contribution in [3.05, 3.63) is 53.1 Å². The normalized spacial score (nSPS) is 11.5. The van der Waals surface area contributed by atoms with Crippen molar-refractivity contribution in [3.8, 4) is 0 Å². The van der Waals surface area contributed by atoms with E-state index in [-0.39, 0.29) is 17.1 Å². The van der Waals surface area contributed by atoms with E-state index in [2.05, 4.69) is 9.46 Å². The summed E-state index contributed by atoms with van der Waals surface area (Å²) in [6, 6.07) is 6.78. The number of hydrogen-bond acceptors (Lipinski definition) is 4. The number of hydrogen-bond donors (Lipinski definition) is 1. The Bertz CT molecular complexity index is 826. The molecule has 0 radical (unpaired) electrons. The Balaban J connectivity index is 2.26. The molecule has 6 nitrogen and oxygen atoms in total. The molecule has 0 aliphatic heterocycles. The summed E-state index contributed by atoms with van der Waals surface area (Å²) in [6.45, 7) is 1.61. The Morgan fingerprint density at radius 1 is 1.30 bits per heavy atom. The lowest BCUT2D eigenvalue weighted by Gasteiger charge is -2.07.